The zero-order chi connectivity index (χ0) is 14.9. The van der Waals surface area contributed by atoms with E-state index >= 15 is 0 Å². The molecule has 0 aromatic rings. The molecule has 0 spiro atoms. The average molecular weight is 293 g/mol. The van der Waals surface area contributed by atoms with Gasteiger partial charge in [-0.05, 0) is 50.9 Å². The number of rotatable bonds is 7. The van der Waals surface area contributed by atoms with Crippen molar-refractivity contribution in [2.24, 2.45) is 5.92 Å². The monoisotopic (exact) mass is 293 g/mol. The normalized spacial score (nSPS) is 19.1. The molecule has 0 atom stereocenters. The Kier molecular flexibility index (Phi) is 6.77. The van der Waals surface area contributed by atoms with Gasteiger partial charge in [-0.2, -0.15) is 0 Å². The molecule has 0 unspecified atom stereocenters. The van der Waals surface area contributed by atoms with Crippen LogP contribution < -0.4 is 5.32 Å². The number of carbonyl (C=O) groups excluding carboxylic acids is 2. The lowest BCUT2D eigenvalue weighted by molar-refractivity contribution is -0.149. The van der Waals surface area contributed by atoms with Gasteiger partial charge in [0.25, 0.3) is 5.91 Å². The van der Waals surface area contributed by atoms with E-state index in [1.807, 2.05) is 0 Å². The highest BCUT2D eigenvalue weighted by molar-refractivity contribution is 5.80. The van der Waals surface area contributed by atoms with E-state index in [1.54, 1.807) is 0 Å². The molecule has 0 radical (unpaired) electrons. The molecule has 0 aromatic heterocycles. The van der Waals surface area contributed by atoms with Gasteiger partial charge < -0.3 is 10.1 Å². The Morgan fingerprint density at radius 3 is 2.71 bits per heavy atom. The standard InChI is InChI=1S/C17H27NO3/c19-16(18-11-10-14-6-2-1-3-7-14)13-21-17(20)12-15-8-4-5-9-15/h6,15H,1-5,7-13H2,(H,18,19). The summed E-state index contributed by atoms with van der Waals surface area (Å²) in [6, 6.07) is 0. The Hall–Kier alpha value is -1.32. The van der Waals surface area contributed by atoms with Gasteiger partial charge in [-0.1, -0.05) is 24.5 Å². The average Bonchev–Trinajstić information content (AvgIpc) is 2.99. The van der Waals surface area contributed by atoms with E-state index in [-0.39, 0.29) is 18.5 Å². The summed E-state index contributed by atoms with van der Waals surface area (Å²) >= 11 is 0. The van der Waals surface area contributed by atoms with Crippen LogP contribution in [0.3, 0.4) is 0 Å². The van der Waals surface area contributed by atoms with E-state index in [1.165, 1.54) is 37.7 Å². The summed E-state index contributed by atoms with van der Waals surface area (Å²) in [5.41, 5.74) is 1.44. The van der Waals surface area contributed by atoms with Crippen molar-refractivity contribution in [2.45, 2.75) is 64.2 Å². The highest BCUT2D eigenvalue weighted by Crippen LogP contribution is 2.27. The fourth-order valence-corrected chi connectivity index (χ4v) is 3.20. The lowest BCUT2D eigenvalue weighted by Gasteiger charge is -2.13. The lowest BCUT2D eigenvalue weighted by Crippen LogP contribution is -2.30. The number of amides is 1. The molecule has 2 aliphatic carbocycles. The number of esters is 1. The van der Waals surface area contributed by atoms with E-state index in [0.717, 1.165) is 25.7 Å². The molecule has 21 heavy (non-hydrogen) atoms. The van der Waals surface area contributed by atoms with Crippen molar-refractivity contribution in [3.05, 3.63) is 11.6 Å². The van der Waals surface area contributed by atoms with Gasteiger partial charge in [0.1, 0.15) is 0 Å². The molecule has 4 heteroatoms. The van der Waals surface area contributed by atoms with Crippen LogP contribution in [0.15, 0.2) is 11.6 Å². The molecule has 0 bridgehead atoms. The quantitative estimate of drug-likeness (QED) is 0.579. The molecule has 2 rings (SSSR count). The summed E-state index contributed by atoms with van der Waals surface area (Å²) in [6.07, 6.45) is 13.2. The third-order valence-electron chi connectivity index (χ3n) is 4.45. The van der Waals surface area contributed by atoms with E-state index in [2.05, 4.69) is 11.4 Å². The van der Waals surface area contributed by atoms with Crippen LogP contribution in [0.2, 0.25) is 0 Å². The van der Waals surface area contributed by atoms with Gasteiger partial charge in [0, 0.05) is 13.0 Å². The second kappa shape index (κ2) is 8.85. The molecular weight excluding hydrogens is 266 g/mol. The van der Waals surface area contributed by atoms with E-state index in [0.29, 0.717) is 18.9 Å². The molecule has 1 N–H and O–H groups in total. The Morgan fingerprint density at radius 1 is 1.19 bits per heavy atom. The predicted molar refractivity (Wildman–Crippen MR) is 81.7 cm³/mol. The number of hydrogen-bond donors (Lipinski definition) is 1. The maximum Gasteiger partial charge on any atom is 0.306 e. The summed E-state index contributed by atoms with van der Waals surface area (Å²) in [5.74, 6) is 0.0528. The minimum atomic E-state index is -0.230. The van der Waals surface area contributed by atoms with E-state index in [9.17, 15) is 9.59 Å². The van der Waals surface area contributed by atoms with Crippen LogP contribution in [0.4, 0.5) is 0 Å². The van der Waals surface area contributed by atoms with E-state index < -0.39 is 0 Å². The van der Waals surface area contributed by atoms with Crippen LogP contribution in [0.1, 0.15) is 64.2 Å². The largest absolute Gasteiger partial charge is 0.456 e. The lowest BCUT2D eigenvalue weighted by atomic mass is 9.97. The third-order valence-corrected chi connectivity index (χ3v) is 4.45. The summed E-state index contributed by atoms with van der Waals surface area (Å²) < 4.78 is 5.04. The van der Waals surface area contributed by atoms with Crippen molar-refractivity contribution < 1.29 is 14.3 Å². The van der Waals surface area contributed by atoms with Crippen molar-refractivity contribution >= 4 is 11.9 Å². The van der Waals surface area contributed by atoms with Gasteiger partial charge in [-0.25, -0.2) is 0 Å². The number of hydrogen-bond acceptors (Lipinski definition) is 3. The molecular formula is C17H27NO3. The Balaban J connectivity index is 1.52. The maximum atomic E-state index is 11.6. The molecule has 118 valence electrons. The second-order valence-corrected chi connectivity index (χ2v) is 6.22. The first kappa shape index (κ1) is 16.1. The zero-order valence-corrected chi connectivity index (χ0v) is 12.9. The number of allylic oxidation sites excluding steroid dienone is 1. The van der Waals surface area contributed by atoms with Crippen molar-refractivity contribution in [1.82, 2.24) is 5.32 Å². The molecule has 0 aliphatic heterocycles. The smallest absolute Gasteiger partial charge is 0.306 e. The van der Waals surface area contributed by atoms with Gasteiger partial charge >= 0.3 is 5.97 Å². The van der Waals surface area contributed by atoms with Gasteiger partial charge in [0.15, 0.2) is 6.61 Å². The molecule has 1 fully saturated rings. The summed E-state index contributed by atoms with van der Waals surface area (Å²) in [5, 5.41) is 2.82. The first-order valence-corrected chi connectivity index (χ1v) is 8.34. The molecule has 0 saturated heterocycles. The number of carbonyl (C=O) groups is 2. The second-order valence-electron chi connectivity index (χ2n) is 6.22. The topological polar surface area (TPSA) is 55.4 Å². The summed E-state index contributed by atoms with van der Waals surface area (Å²) in [7, 11) is 0. The number of nitrogens with one attached hydrogen (secondary N) is 1. The Morgan fingerprint density at radius 2 is 2.00 bits per heavy atom. The van der Waals surface area contributed by atoms with Crippen molar-refractivity contribution in [3.8, 4) is 0 Å². The molecule has 0 heterocycles. The Bertz CT molecular complexity index is 383. The van der Waals surface area contributed by atoms with Crippen LogP contribution >= 0.6 is 0 Å². The predicted octanol–water partition coefficient (Wildman–Crippen LogP) is 3.12. The van der Waals surface area contributed by atoms with Crippen LogP contribution in [0.25, 0.3) is 0 Å². The maximum absolute atomic E-state index is 11.6. The fourth-order valence-electron chi connectivity index (χ4n) is 3.20. The molecule has 4 nitrogen and oxygen atoms in total. The first-order chi connectivity index (χ1) is 10.2. The van der Waals surface area contributed by atoms with Gasteiger partial charge in [0.05, 0.1) is 0 Å². The fraction of sp³-hybridized carbons (Fsp3) is 0.765. The van der Waals surface area contributed by atoms with Crippen LogP contribution in [-0.2, 0) is 14.3 Å². The summed E-state index contributed by atoms with van der Waals surface area (Å²) in [6.45, 7) is 0.509. The zero-order valence-electron chi connectivity index (χ0n) is 12.9. The minimum Gasteiger partial charge on any atom is -0.456 e. The molecule has 0 aromatic carbocycles. The van der Waals surface area contributed by atoms with Gasteiger partial charge in [-0.3, -0.25) is 9.59 Å². The van der Waals surface area contributed by atoms with E-state index in [4.69, 9.17) is 4.74 Å². The third kappa shape index (κ3) is 6.32. The first-order valence-electron chi connectivity index (χ1n) is 8.34. The molecule has 1 saturated carbocycles. The molecule has 1 amide bonds. The summed E-state index contributed by atoms with van der Waals surface area (Å²) in [4.78, 5) is 23.2. The van der Waals surface area contributed by atoms with Gasteiger partial charge in [-0.15, -0.1) is 0 Å². The van der Waals surface area contributed by atoms with Crippen molar-refractivity contribution in [1.29, 1.82) is 0 Å². The minimum absolute atomic E-state index is 0.134. The number of ether oxygens (including phenoxy) is 1. The van der Waals surface area contributed by atoms with Crippen LogP contribution in [0, 0.1) is 5.92 Å². The highest BCUT2D eigenvalue weighted by atomic mass is 16.5. The SMILES string of the molecule is O=C(COC(=O)CC1CCCC1)NCCC1=CCCCC1. The van der Waals surface area contributed by atoms with Crippen LogP contribution in [0.5, 0.6) is 0 Å². The van der Waals surface area contributed by atoms with Crippen LogP contribution in [-0.4, -0.2) is 25.0 Å². The van der Waals surface area contributed by atoms with Gasteiger partial charge in [0.2, 0.25) is 0 Å². The van der Waals surface area contributed by atoms with Crippen molar-refractivity contribution in [3.63, 3.8) is 0 Å². The Labute approximate surface area is 127 Å². The van der Waals surface area contributed by atoms with Crippen molar-refractivity contribution in [2.75, 3.05) is 13.2 Å². The highest BCUT2D eigenvalue weighted by Gasteiger charge is 2.19. The molecule has 2 aliphatic rings.